The number of amides is 2. The highest BCUT2D eigenvalue weighted by atomic mass is 35.5. The predicted octanol–water partition coefficient (Wildman–Crippen LogP) is 2.75. The Morgan fingerprint density at radius 2 is 1.79 bits per heavy atom. The number of carbonyl (C=O) groups excluding carboxylic acids is 3. The van der Waals surface area contributed by atoms with Crippen molar-refractivity contribution in [1.82, 2.24) is 10.6 Å². The van der Waals surface area contributed by atoms with Crippen LogP contribution in [0.5, 0.6) is 0 Å². The highest BCUT2D eigenvalue weighted by Crippen LogP contribution is 2.40. The number of halogens is 3. The fourth-order valence-corrected chi connectivity index (χ4v) is 4.10. The molecule has 0 fully saturated rings. The molecule has 1 aliphatic rings. The maximum atomic E-state index is 12.8. The number of hydrogen-bond donors (Lipinski definition) is 4. The number of hydrogen-bond acceptors (Lipinski definition) is 6. The molecule has 2 aromatic carbocycles. The van der Waals surface area contributed by atoms with Crippen molar-refractivity contribution in [3.63, 3.8) is 0 Å². The third-order valence-electron chi connectivity index (χ3n) is 5.11. The Kier molecular flexibility index (Phi) is 9.79. The SMILES string of the molecule is CNC(=O)COC(=O)[C@H]1C[C@H](NC(=O)Cc2ccc(CN)cc2)c2c(Cl)cc(Cl)cc2N1.Cl. The lowest BCUT2D eigenvalue weighted by Crippen LogP contribution is -2.43. The van der Waals surface area contributed by atoms with Crippen LogP contribution in [-0.2, 0) is 32.1 Å². The Labute approximate surface area is 207 Å². The molecule has 0 aliphatic carbocycles. The van der Waals surface area contributed by atoms with Gasteiger partial charge in [0.2, 0.25) is 5.91 Å². The molecule has 8 nitrogen and oxygen atoms in total. The summed E-state index contributed by atoms with van der Waals surface area (Å²) in [5, 5.41) is 9.14. The highest BCUT2D eigenvalue weighted by molar-refractivity contribution is 6.35. The van der Waals surface area contributed by atoms with E-state index in [-0.39, 0.29) is 31.2 Å². The molecule has 33 heavy (non-hydrogen) atoms. The number of carbonyl (C=O) groups is 3. The molecule has 5 N–H and O–H groups in total. The van der Waals surface area contributed by atoms with Crippen molar-refractivity contribution in [2.45, 2.75) is 31.5 Å². The van der Waals surface area contributed by atoms with Crippen molar-refractivity contribution in [2.24, 2.45) is 5.73 Å². The molecule has 0 radical (unpaired) electrons. The first kappa shape index (κ1) is 26.7. The van der Waals surface area contributed by atoms with E-state index in [1.165, 1.54) is 7.05 Å². The van der Waals surface area contributed by atoms with Crippen molar-refractivity contribution in [3.8, 4) is 0 Å². The number of ether oxygens (including phenoxy) is 1. The molecule has 2 amide bonds. The van der Waals surface area contributed by atoms with Crippen LogP contribution in [0, 0.1) is 0 Å². The molecule has 0 unspecified atom stereocenters. The second-order valence-corrected chi connectivity index (χ2v) is 8.22. The number of esters is 1. The van der Waals surface area contributed by atoms with Gasteiger partial charge in [-0.3, -0.25) is 9.59 Å². The van der Waals surface area contributed by atoms with Gasteiger partial charge in [-0.2, -0.15) is 0 Å². The molecule has 2 atom stereocenters. The Balaban J connectivity index is 0.00000385. The van der Waals surface area contributed by atoms with Crippen LogP contribution in [-0.4, -0.2) is 37.5 Å². The molecule has 0 aromatic heterocycles. The smallest absolute Gasteiger partial charge is 0.329 e. The van der Waals surface area contributed by atoms with Crippen LogP contribution in [0.3, 0.4) is 0 Å². The van der Waals surface area contributed by atoms with E-state index in [0.29, 0.717) is 27.8 Å². The van der Waals surface area contributed by atoms with Crippen molar-refractivity contribution >= 4 is 59.1 Å². The van der Waals surface area contributed by atoms with Crippen LogP contribution in [0.15, 0.2) is 36.4 Å². The van der Waals surface area contributed by atoms with E-state index in [2.05, 4.69) is 16.0 Å². The van der Waals surface area contributed by atoms with Gasteiger partial charge in [-0.1, -0.05) is 47.5 Å². The van der Waals surface area contributed by atoms with E-state index >= 15 is 0 Å². The first-order chi connectivity index (χ1) is 15.3. The Hall–Kier alpha value is -2.52. The molecule has 1 heterocycles. The summed E-state index contributed by atoms with van der Waals surface area (Å²) in [7, 11) is 1.45. The van der Waals surface area contributed by atoms with Gasteiger partial charge < -0.3 is 26.4 Å². The largest absolute Gasteiger partial charge is 0.454 e. The molecular formula is C22H25Cl3N4O4. The van der Waals surface area contributed by atoms with Crippen molar-refractivity contribution in [3.05, 3.63) is 63.1 Å². The summed E-state index contributed by atoms with van der Waals surface area (Å²) in [4.78, 5) is 36.7. The van der Waals surface area contributed by atoms with Gasteiger partial charge in [0.15, 0.2) is 6.61 Å². The molecule has 1 aliphatic heterocycles. The second-order valence-electron chi connectivity index (χ2n) is 7.38. The van der Waals surface area contributed by atoms with E-state index in [1.807, 2.05) is 24.3 Å². The van der Waals surface area contributed by atoms with E-state index in [4.69, 9.17) is 33.7 Å². The van der Waals surface area contributed by atoms with Crippen LogP contribution in [0.1, 0.15) is 29.2 Å². The van der Waals surface area contributed by atoms with E-state index < -0.39 is 30.6 Å². The van der Waals surface area contributed by atoms with Gasteiger partial charge in [0.05, 0.1) is 12.5 Å². The average molecular weight is 516 g/mol. The molecule has 0 spiro atoms. The third kappa shape index (κ3) is 6.98. The summed E-state index contributed by atoms with van der Waals surface area (Å²) in [6.07, 6.45) is 0.347. The molecule has 0 saturated heterocycles. The minimum Gasteiger partial charge on any atom is -0.454 e. The van der Waals surface area contributed by atoms with Crippen LogP contribution < -0.4 is 21.7 Å². The van der Waals surface area contributed by atoms with Gasteiger partial charge >= 0.3 is 5.97 Å². The molecule has 3 rings (SSSR count). The highest BCUT2D eigenvalue weighted by Gasteiger charge is 2.34. The maximum Gasteiger partial charge on any atom is 0.329 e. The van der Waals surface area contributed by atoms with Crippen molar-refractivity contribution in [1.29, 1.82) is 0 Å². The monoisotopic (exact) mass is 514 g/mol. The fraction of sp³-hybridized carbons (Fsp3) is 0.318. The lowest BCUT2D eigenvalue weighted by atomic mass is 9.92. The average Bonchev–Trinajstić information content (AvgIpc) is 2.76. The van der Waals surface area contributed by atoms with Gasteiger partial charge in [0.1, 0.15) is 6.04 Å². The van der Waals surface area contributed by atoms with Crippen LogP contribution >= 0.6 is 35.6 Å². The molecule has 2 aromatic rings. The third-order valence-corrected chi connectivity index (χ3v) is 5.64. The summed E-state index contributed by atoms with van der Waals surface area (Å²) < 4.78 is 5.08. The number of fused-ring (bicyclic) bond motifs is 1. The molecule has 0 saturated carbocycles. The Morgan fingerprint density at radius 3 is 2.42 bits per heavy atom. The Morgan fingerprint density at radius 1 is 1.12 bits per heavy atom. The van der Waals surface area contributed by atoms with E-state index in [9.17, 15) is 14.4 Å². The van der Waals surface area contributed by atoms with E-state index in [0.717, 1.165) is 11.1 Å². The topological polar surface area (TPSA) is 123 Å². The normalized spacial score (nSPS) is 16.5. The van der Waals surface area contributed by atoms with Gasteiger partial charge in [-0.05, 0) is 23.3 Å². The summed E-state index contributed by atoms with van der Waals surface area (Å²) in [5.41, 5.74) is 8.58. The minimum atomic E-state index is -0.796. The number of benzene rings is 2. The van der Waals surface area contributed by atoms with E-state index in [1.54, 1.807) is 12.1 Å². The maximum absolute atomic E-state index is 12.8. The summed E-state index contributed by atoms with van der Waals surface area (Å²) >= 11 is 12.5. The molecule has 178 valence electrons. The lowest BCUT2D eigenvalue weighted by Gasteiger charge is -2.33. The number of rotatable bonds is 7. The lowest BCUT2D eigenvalue weighted by molar-refractivity contribution is -0.149. The second kappa shape index (κ2) is 12.1. The van der Waals surface area contributed by atoms with Crippen LogP contribution in [0.25, 0.3) is 0 Å². The number of nitrogens with one attached hydrogen (secondary N) is 3. The zero-order chi connectivity index (χ0) is 23.3. The molecule has 0 bridgehead atoms. The first-order valence-electron chi connectivity index (χ1n) is 10.0. The standard InChI is InChI=1S/C22H24Cl2N4O4.ClH/c1-26-20(30)11-32-22(31)18-9-17(21-15(24)7-14(23)8-16(21)27-18)28-19(29)6-12-2-4-13(10-25)5-3-12;/h2-5,7-8,17-18,27H,6,9-11,25H2,1H3,(H,26,30)(H,28,29);1H/t17-,18+;/m0./s1. The molecule has 11 heteroatoms. The quantitative estimate of drug-likeness (QED) is 0.421. The van der Waals surface area contributed by atoms with Crippen LogP contribution in [0.4, 0.5) is 5.69 Å². The summed E-state index contributed by atoms with van der Waals surface area (Å²) in [6, 6.07) is 9.32. The first-order valence-corrected chi connectivity index (χ1v) is 10.8. The zero-order valence-corrected chi connectivity index (χ0v) is 20.2. The van der Waals surface area contributed by atoms with Gasteiger partial charge in [-0.15, -0.1) is 12.4 Å². The number of likely N-dealkylation sites (N-methyl/N-ethyl adjacent to an activating group) is 1. The summed E-state index contributed by atoms with van der Waals surface area (Å²) in [6.45, 7) is 0.0310. The Bertz CT molecular complexity index is 1020. The van der Waals surface area contributed by atoms with Crippen molar-refractivity contribution < 1.29 is 19.1 Å². The zero-order valence-electron chi connectivity index (χ0n) is 17.8. The minimum absolute atomic E-state index is 0. The van der Waals surface area contributed by atoms with Crippen molar-refractivity contribution in [2.75, 3.05) is 19.0 Å². The van der Waals surface area contributed by atoms with Gasteiger partial charge in [-0.25, -0.2) is 4.79 Å². The van der Waals surface area contributed by atoms with Crippen LogP contribution in [0.2, 0.25) is 10.0 Å². The predicted molar refractivity (Wildman–Crippen MR) is 130 cm³/mol. The number of anilines is 1. The van der Waals surface area contributed by atoms with Gasteiger partial charge in [0.25, 0.3) is 5.91 Å². The summed E-state index contributed by atoms with van der Waals surface area (Å²) in [5.74, 6) is -1.27. The molecular weight excluding hydrogens is 491 g/mol. The number of nitrogens with two attached hydrogens (primary N) is 1. The van der Waals surface area contributed by atoms with Gasteiger partial charge in [0, 0.05) is 41.3 Å². The fourth-order valence-electron chi connectivity index (χ4n) is 3.48.